The van der Waals surface area contributed by atoms with E-state index >= 15 is 0 Å². The maximum absolute atomic E-state index is 12.3. The highest BCUT2D eigenvalue weighted by atomic mass is 16.5. The van der Waals surface area contributed by atoms with Crippen molar-refractivity contribution in [3.8, 4) is 5.75 Å². The highest BCUT2D eigenvalue weighted by Crippen LogP contribution is 2.12. The van der Waals surface area contributed by atoms with Crippen LogP contribution in [0.1, 0.15) is 21.6 Å². The molecule has 7 nitrogen and oxygen atoms in total. The molecule has 0 atom stereocenters. The number of methoxy groups -OCH3 is 1. The van der Waals surface area contributed by atoms with Crippen molar-refractivity contribution in [2.24, 2.45) is 0 Å². The molecule has 7 heteroatoms. The van der Waals surface area contributed by atoms with Gasteiger partial charge in [-0.15, -0.1) is 0 Å². The summed E-state index contributed by atoms with van der Waals surface area (Å²) < 4.78 is 5.15. The first-order chi connectivity index (χ1) is 13.2. The van der Waals surface area contributed by atoms with E-state index in [4.69, 9.17) is 4.74 Å². The fourth-order valence-electron chi connectivity index (χ4n) is 2.48. The van der Waals surface area contributed by atoms with Crippen LogP contribution in [0.5, 0.6) is 5.75 Å². The monoisotopic (exact) mass is 363 g/mol. The van der Waals surface area contributed by atoms with E-state index in [0.717, 1.165) is 17.7 Å². The van der Waals surface area contributed by atoms with Crippen molar-refractivity contribution < 1.29 is 9.53 Å². The molecule has 0 spiro atoms. The second-order valence-corrected chi connectivity index (χ2v) is 5.85. The summed E-state index contributed by atoms with van der Waals surface area (Å²) in [6, 6.07) is 13.3. The molecule has 0 unspecified atom stereocenters. The number of hydrogen-bond donors (Lipinski definition) is 2. The Kier molecular flexibility index (Phi) is 6.30. The Balaban J connectivity index is 1.51. The second-order valence-electron chi connectivity index (χ2n) is 5.85. The quantitative estimate of drug-likeness (QED) is 0.639. The van der Waals surface area contributed by atoms with Gasteiger partial charge >= 0.3 is 0 Å². The van der Waals surface area contributed by atoms with E-state index in [2.05, 4.69) is 25.6 Å². The standard InChI is InChI=1S/C20H21N5O2/c1-27-17-4-2-15(3-5-17)8-11-22-19-12-18(24-14-25-19)20(26)23-13-16-6-9-21-10-7-16/h2-7,9-10,12,14H,8,11,13H2,1H3,(H,23,26)(H,22,24,25). The number of carbonyl (C=O) groups is 1. The molecule has 2 aromatic heterocycles. The van der Waals surface area contributed by atoms with Gasteiger partial charge in [-0.25, -0.2) is 9.97 Å². The molecule has 1 aromatic carbocycles. The minimum Gasteiger partial charge on any atom is -0.497 e. The Morgan fingerprint density at radius 2 is 1.81 bits per heavy atom. The van der Waals surface area contributed by atoms with Crippen LogP contribution in [0.2, 0.25) is 0 Å². The molecule has 2 N–H and O–H groups in total. The molecule has 0 fully saturated rings. The first-order valence-electron chi connectivity index (χ1n) is 8.60. The van der Waals surface area contributed by atoms with E-state index in [0.29, 0.717) is 24.6 Å². The number of carbonyl (C=O) groups excluding carboxylic acids is 1. The number of nitrogens with one attached hydrogen (secondary N) is 2. The highest BCUT2D eigenvalue weighted by molar-refractivity contribution is 5.92. The number of benzene rings is 1. The number of aromatic nitrogens is 3. The molecule has 0 aliphatic heterocycles. The minimum absolute atomic E-state index is 0.243. The smallest absolute Gasteiger partial charge is 0.270 e. The number of nitrogens with zero attached hydrogens (tertiary/aromatic N) is 3. The lowest BCUT2D eigenvalue weighted by Crippen LogP contribution is -2.24. The first kappa shape index (κ1) is 18.3. The van der Waals surface area contributed by atoms with E-state index in [1.54, 1.807) is 25.6 Å². The maximum atomic E-state index is 12.3. The molecule has 0 radical (unpaired) electrons. The zero-order valence-electron chi connectivity index (χ0n) is 15.1. The van der Waals surface area contributed by atoms with Crippen molar-refractivity contribution in [3.63, 3.8) is 0 Å². The summed E-state index contributed by atoms with van der Waals surface area (Å²) in [6.45, 7) is 1.12. The Hall–Kier alpha value is -3.48. The molecule has 0 saturated heterocycles. The Labute approximate surface area is 157 Å². The predicted octanol–water partition coefficient (Wildman–Crippen LogP) is 2.46. The summed E-state index contributed by atoms with van der Waals surface area (Å²) in [5.74, 6) is 1.21. The van der Waals surface area contributed by atoms with Crippen LogP contribution < -0.4 is 15.4 Å². The highest BCUT2D eigenvalue weighted by Gasteiger charge is 2.08. The lowest BCUT2D eigenvalue weighted by atomic mass is 10.1. The Bertz CT molecular complexity index is 869. The number of anilines is 1. The predicted molar refractivity (Wildman–Crippen MR) is 103 cm³/mol. The third-order valence-electron chi connectivity index (χ3n) is 3.98. The Morgan fingerprint density at radius 1 is 1.04 bits per heavy atom. The fourth-order valence-corrected chi connectivity index (χ4v) is 2.48. The lowest BCUT2D eigenvalue weighted by Gasteiger charge is -2.08. The van der Waals surface area contributed by atoms with Gasteiger partial charge in [0.2, 0.25) is 0 Å². The van der Waals surface area contributed by atoms with Crippen molar-refractivity contribution in [2.45, 2.75) is 13.0 Å². The van der Waals surface area contributed by atoms with Crippen LogP contribution in [-0.4, -0.2) is 34.5 Å². The van der Waals surface area contributed by atoms with Crippen molar-refractivity contribution in [2.75, 3.05) is 19.0 Å². The van der Waals surface area contributed by atoms with Crippen LogP contribution in [0.3, 0.4) is 0 Å². The summed E-state index contributed by atoms with van der Waals surface area (Å²) in [4.78, 5) is 24.4. The van der Waals surface area contributed by atoms with Crippen LogP contribution in [0, 0.1) is 0 Å². The minimum atomic E-state index is -0.243. The molecule has 3 rings (SSSR count). The number of amides is 1. The summed E-state index contributed by atoms with van der Waals surface area (Å²) in [6.07, 6.45) is 5.60. The van der Waals surface area contributed by atoms with Crippen LogP contribution in [0.25, 0.3) is 0 Å². The molecule has 0 bridgehead atoms. The SMILES string of the molecule is COc1ccc(CCNc2cc(C(=O)NCc3ccncc3)ncn2)cc1. The number of ether oxygens (including phenoxy) is 1. The number of pyridine rings is 1. The summed E-state index contributed by atoms with van der Waals surface area (Å²) in [5.41, 5.74) is 2.49. The molecular formula is C20H21N5O2. The average molecular weight is 363 g/mol. The third kappa shape index (κ3) is 5.50. The van der Waals surface area contributed by atoms with Gasteiger partial charge in [-0.1, -0.05) is 12.1 Å². The van der Waals surface area contributed by atoms with Crippen molar-refractivity contribution in [3.05, 3.63) is 78.0 Å². The topological polar surface area (TPSA) is 89.0 Å². The van der Waals surface area contributed by atoms with E-state index < -0.39 is 0 Å². The van der Waals surface area contributed by atoms with E-state index in [9.17, 15) is 4.79 Å². The van der Waals surface area contributed by atoms with Gasteiger partial charge < -0.3 is 15.4 Å². The van der Waals surface area contributed by atoms with Gasteiger partial charge in [0.1, 0.15) is 23.6 Å². The Morgan fingerprint density at radius 3 is 2.56 bits per heavy atom. The zero-order valence-corrected chi connectivity index (χ0v) is 15.1. The molecule has 0 aliphatic rings. The fraction of sp³-hybridized carbons (Fsp3) is 0.200. The van der Waals surface area contributed by atoms with Crippen LogP contribution in [-0.2, 0) is 13.0 Å². The molecule has 138 valence electrons. The number of hydrogen-bond acceptors (Lipinski definition) is 6. The molecule has 0 saturated carbocycles. The first-order valence-corrected chi connectivity index (χ1v) is 8.60. The molecule has 1 amide bonds. The summed E-state index contributed by atoms with van der Waals surface area (Å²) >= 11 is 0. The average Bonchev–Trinajstić information content (AvgIpc) is 2.73. The van der Waals surface area contributed by atoms with Crippen molar-refractivity contribution in [1.29, 1.82) is 0 Å². The van der Waals surface area contributed by atoms with E-state index in [1.165, 1.54) is 11.9 Å². The van der Waals surface area contributed by atoms with Crippen LogP contribution in [0.4, 0.5) is 5.82 Å². The molecular weight excluding hydrogens is 342 g/mol. The third-order valence-corrected chi connectivity index (χ3v) is 3.98. The summed E-state index contributed by atoms with van der Waals surface area (Å²) in [7, 11) is 1.65. The van der Waals surface area contributed by atoms with Gasteiger partial charge in [0.25, 0.3) is 5.91 Å². The van der Waals surface area contributed by atoms with Crippen LogP contribution >= 0.6 is 0 Å². The van der Waals surface area contributed by atoms with Gasteiger partial charge in [0.15, 0.2) is 0 Å². The summed E-state index contributed by atoms with van der Waals surface area (Å²) in [5, 5.41) is 6.06. The molecule has 3 aromatic rings. The molecule has 0 aliphatic carbocycles. The van der Waals surface area contributed by atoms with E-state index in [-0.39, 0.29) is 5.91 Å². The maximum Gasteiger partial charge on any atom is 0.270 e. The normalized spacial score (nSPS) is 10.3. The molecule has 27 heavy (non-hydrogen) atoms. The van der Waals surface area contributed by atoms with Gasteiger partial charge in [-0.3, -0.25) is 9.78 Å². The van der Waals surface area contributed by atoms with Gasteiger partial charge in [0.05, 0.1) is 7.11 Å². The van der Waals surface area contributed by atoms with Crippen molar-refractivity contribution >= 4 is 11.7 Å². The second kappa shape index (κ2) is 9.28. The lowest BCUT2D eigenvalue weighted by molar-refractivity contribution is 0.0946. The van der Waals surface area contributed by atoms with Gasteiger partial charge in [0, 0.05) is 31.5 Å². The molecule has 2 heterocycles. The van der Waals surface area contributed by atoms with Gasteiger partial charge in [-0.05, 0) is 41.8 Å². The number of rotatable bonds is 8. The van der Waals surface area contributed by atoms with Crippen molar-refractivity contribution in [1.82, 2.24) is 20.3 Å². The largest absolute Gasteiger partial charge is 0.497 e. The van der Waals surface area contributed by atoms with Gasteiger partial charge in [-0.2, -0.15) is 0 Å². The zero-order chi connectivity index (χ0) is 18.9. The van der Waals surface area contributed by atoms with E-state index in [1.807, 2.05) is 36.4 Å². The van der Waals surface area contributed by atoms with Crippen LogP contribution in [0.15, 0.2) is 61.2 Å².